The van der Waals surface area contributed by atoms with E-state index in [1.54, 1.807) is 18.3 Å². The molecule has 1 aromatic carbocycles. The predicted molar refractivity (Wildman–Crippen MR) is 97.5 cm³/mol. The van der Waals surface area contributed by atoms with Crippen LogP contribution in [0.15, 0.2) is 30.5 Å². The average molecular weight is 349 g/mol. The highest BCUT2D eigenvalue weighted by atomic mass is 35.5. The number of aryl methyl sites for hydroxylation is 3. The SMILES string of the molecule is CCCc1ncc(OCc2ccc(F)cc2)c2[nH]c(C)c(C)c12.Cl. The fourth-order valence-corrected chi connectivity index (χ4v) is 2.81. The van der Waals surface area contributed by atoms with Crippen molar-refractivity contribution < 1.29 is 9.13 Å². The molecular formula is C19H22ClFN2O. The third kappa shape index (κ3) is 3.54. The van der Waals surface area contributed by atoms with Crippen LogP contribution in [-0.2, 0) is 13.0 Å². The van der Waals surface area contributed by atoms with Crippen molar-refractivity contribution in [2.45, 2.75) is 40.2 Å². The van der Waals surface area contributed by atoms with Crippen molar-refractivity contribution in [2.24, 2.45) is 0 Å². The van der Waals surface area contributed by atoms with Crippen LogP contribution in [0.2, 0.25) is 0 Å². The van der Waals surface area contributed by atoms with Gasteiger partial charge in [-0.1, -0.05) is 25.5 Å². The Kier molecular flexibility index (Phi) is 5.84. The van der Waals surface area contributed by atoms with E-state index in [9.17, 15) is 4.39 Å². The number of pyridine rings is 1. The Morgan fingerprint density at radius 2 is 1.88 bits per heavy atom. The van der Waals surface area contributed by atoms with E-state index in [1.165, 1.54) is 23.1 Å². The number of fused-ring (bicyclic) bond motifs is 1. The van der Waals surface area contributed by atoms with E-state index in [0.29, 0.717) is 6.61 Å². The summed E-state index contributed by atoms with van der Waals surface area (Å²) in [6, 6.07) is 6.35. The molecule has 2 aromatic heterocycles. The minimum Gasteiger partial charge on any atom is -0.485 e. The molecule has 3 rings (SSSR count). The van der Waals surface area contributed by atoms with Crippen LogP contribution in [0.3, 0.4) is 0 Å². The van der Waals surface area contributed by atoms with Crippen LogP contribution in [0.1, 0.15) is 35.9 Å². The van der Waals surface area contributed by atoms with Crippen molar-refractivity contribution in [3.63, 3.8) is 0 Å². The second-order valence-electron chi connectivity index (χ2n) is 5.86. The second kappa shape index (κ2) is 7.67. The van der Waals surface area contributed by atoms with E-state index in [-0.39, 0.29) is 18.2 Å². The molecule has 0 aliphatic heterocycles. The Labute approximate surface area is 147 Å². The molecule has 0 aliphatic carbocycles. The summed E-state index contributed by atoms with van der Waals surface area (Å²) in [6.07, 6.45) is 3.79. The molecule has 0 bridgehead atoms. The normalized spacial score (nSPS) is 10.7. The number of H-pyrrole nitrogens is 1. The maximum atomic E-state index is 13.0. The number of nitrogens with zero attached hydrogens (tertiary/aromatic N) is 1. The Morgan fingerprint density at radius 3 is 2.54 bits per heavy atom. The molecular weight excluding hydrogens is 327 g/mol. The zero-order valence-corrected chi connectivity index (χ0v) is 15.0. The Hall–Kier alpha value is -2.07. The van der Waals surface area contributed by atoms with Gasteiger partial charge in [-0.3, -0.25) is 4.98 Å². The molecule has 24 heavy (non-hydrogen) atoms. The molecule has 0 saturated heterocycles. The maximum absolute atomic E-state index is 13.0. The van der Waals surface area contributed by atoms with Gasteiger partial charge in [0.25, 0.3) is 0 Å². The minimum absolute atomic E-state index is 0. The van der Waals surface area contributed by atoms with Crippen LogP contribution in [0.5, 0.6) is 5.75 Å². The van der Waals surface area contributed by atoms with Crippen molar-refractivity contribution in [3.05, 3.63) is 58.8 Å². The number of benzene rings is 1. The highest BCUT2D eigenvalue weighted by Gasteiger charge is 2.14. The molecule has 0 aliphatic rings. The Balaban J connectivity index is 0.00000208. The fourth-order valence-electron chi connectivity index (χ4n) is 2.81. The van der Waals surface area contributed by atoms with Gasteiger partial charge in [0.2, 0.25) is 0 Å². The van der Waals surface area contributed by atoms with Crippen LogP contribution in [0, 0.1) is 19.7 Å². The van der Waals surface area contributed by atoms with Gasteiger partial charge in [-0.15, -0.1) is 12.4 Å². The summed E-state index contributed by atoms with van der Waals surface area (Å²) >= 11 is 0. The topological polar surface area (TPSA) is 37.9 Å². The smallest absolute Gasteiger partial charge is 0.162 e. The van der Waals surface area contributed by atoms with Crippen molar-refractivity contribution >= 4 is 23.3 Å². The molecule has 5 heteroatoms. The minimum atomic E-state index is -0.239. The fraction of sp³-hybridized carbons (Fsp3) is 0.316. The lowest BCUT2D eigenvalue weighted by Gasteiger charge is -2.10. The molecule has 2 heterocycles. The van der Waals surface area contributed by atoms with Crippen LogP contribution in [0.4, 0.5) is 4.39 Å². The van der Waals surface area contributed by atoms with Crippen molar-refractivity contribution in [3.8, 4) is 5.75 Å². The average Bonchev–Trinajstić information content (AvgIpc) is 2.84. The summed E-state index contributed by atoms with van der Waals surface area (Å²) in [5, 5.41) is 1.17. The van der Waals surface area contributed by atoms with E-state index >= 15 is 0 Å². The third-order valence-corrected chi connectivity index (χ3v) is 4.17. The number of halogens is 2. The molecule has 3 aromatic rings. The monoisotopic (exact) mass is 348 g/mol. The van der Waals surface area contributed by atoms with Gasteiger partial charge >= 0.3 is 0 Å². The molecule has 128 valence electrons. The third-order valence-electron chi connectivity index (χ3n) is 4.17. The van der Waals surface area contributed by atoms with Gasteiger partial charge in [-0.2, -0.15) is 0 Å². The zero-order valence-electron chi connectivity index (χ0n) is 14.1. The molecule has 0 atom stereocenters. The number of ether oxygens (including phenoxy) is 1. The number of aromatic nitrogens is 2. The molecule has 0 unspecified atom stereocenters. The number of hydrogen-bond acceptors (Lipinski definition) is 2. The second-order valence-corrected chi connectivity index (χ2v) is 5.86. The Bertz CT molecular complexity index is 827. The maximum Gasteiger partial charge on any atom is 0.162 e. The molecule has 0 saturated carbocycles. The zero-order chi connectivity index (χ0) is 16.4. The van der Waals surface area contributed by atoms with Gasteiger partial charge in [0.15, 0.2) is 5.75 Å². The van der Waals surface area contributed by atoms with Crippen molar-refractivity contribution in [1.29, 1.82) is 0 Å². The summed E-state index contributed by atoms with van der Waals surface area (Å²) in [7, 11) is 0. The molecule has 3 nitrogen and oxygen atoms in total. The molecule has 0 fully saturated rings. The first-order chi connectivity index (χ1) is 11.1. The Morgan fingerprint density at radius 1 is 1.17 bits per heavy atom. The van der Waals surface area contributed by atoms with E-state index in [0.717, 1.165) is 41.1 Å². The van der Waals surface area contributed by atoms with E-state index < -0.39 is 0 Å². The van der Waals surface area contributed by atoms with Gasteiger partial charge in [0.05, 0.1) is 17.4 Å². The van der Waals surface area contributed by atoms with Crippen molar-refractivity contribution in [2.75, 3.05) is 0 Å². The van der Waals surface area contributed by atoms with Crippen LogP contribution < -0.4 is 4.74 Å². The number of hydrogen-bond donors (Lipinski definition) is 1. The predicted octanol–water partition coefficient (Wildman–Crippen LogP) is 5.27. The van der Waals surface area contributed by atoms with Gasteiger partial charge < -0.3 is 9.72 Å². The molecule has 0 spiro atoms. The number of aromatic amines is 1. The van der Waals surface area contributed by atoms with Crippen LogP contribution in [0.25, 0.3) is 10.9 Å². The quantitative estimate of drug-likeness (QED) is 0.681. The summed E-state index contributed by atoms with van der Waals surface area (Å²) in [6.45, 7) is 6.72. The van der Waals surface area contributed by atoms with Crippen LogP contribution in [-0.4, -0.2) is 9.97 Å². The first-order valence-electron chi connectivity index (χ1n) is 7.94. The summed E-state index contributed by atoms with van der Waals surface area (Å²) in [5.41, 5.74) is 5.40. The molecule has 0 amide bonds. The van der Waals surface area contributed by atoms with Gasteiger partial charge in [-0.25, -0.2) is 4.39 Å². The van der Waals surface area contributed by atoms with E-state index in [4.69, 9.17) is 4.74 Å². The number of nitrogens with one attached hydrogen (secondary N) is 1. The van der Waals surface area contributed by atoms with Gasteiger partial charge in [0.1, 0.15) is 12.4 Å². The van der Waals surface area contributed by atoms with Gasteiger partial charge in [-0.05, 0) is 43.5 Å². The summed E-state index contributed by atoms with van der Waals surface area (Å²) in [5.74, 6) is 0.498. The highest BCUT2D eigenvalue weighted by molar-refractivity contribution is 5.91. The van der Waals surface area contributed by atoms with E-state index in [1.807, 2.05) is 0 Å². The highest BCUT2D eigenvalue weighted by Crippen LogP contribution is 2.31. The first-order valence-corrected chi connectivity index (χ1v) is 7.94. The van der Waals surface area contributed by atoms with E-state index in [2.05, 4.69) is 30.7 Å². The van der Waals surface area contributed by atoms with Gasteiger partial charge in [0, 0.05) is 11.1 Å². The first kappa shape index (κ1) is 18.3. The number of rotatable bonds is 5. The molecule has 0 radical (unpaired) electrons. The lowest BCUT2D eigenvalue weighted by Crippen LogP contribution is -1.99. The lowest BCUT2D eigenvalue weighted by molar-refractivity contribution is 0.308. The summed E-state index contributed by atoms with van der Waals surface area (Å²) < 4.78 is 18.9. The summed E-state index contributed by atoms with van der Waals surface area (Å²) in [4.78, 5) is 8.01. The molecule has 1 N–H and O–H groups in total. The lowest BCUT2D eigenvalue weighted by atomic mass is 10.1. The van der Waals surface area contributed by atoms with Crippen LogP contribution >= 0.6 is 12.4 Å². The van der Waals surface area contributed by atoms with Crippen molar-refractivity contribution in [1.82, 2.24) is 9.97 Å². The standard InChI is InChI=1S/C19H21FN2O.ClH/c1-4-5-16-18-12(2)13(3)22-19(18)17(10-21-16)23-11-14-6-8-15(20)9-7-14;/h6-10,22H,4-5,11H2,1-3H3;1H. The largest absolute Gasteiger partial charge is 0.485 e.